The first kappa shape index (κ1) is 12.6. The van der Waals surface area contributed by atoms with Gasteiger partial charge in [-0.05, 0) is 42.9 Å². The maximum absolute atomic E-state index is 12.5. The van der Waals surface area contributed by atoms with Crippen molar-refractivity contribution in [2.45, 2.75) is 6.92 Å². The fourth-order valence-electron chi connectivity index (χ4n) is 2.08. The van der Waals surface area contributed by atoms with Gasteiger partial charge in [-0.2, -0.15) is 0 Å². The van der Waals surface area contributed by atoms with Gasteiger partial charge in [0.25, 0.3) is 5.91 Å². The Bertz CT molecular complexity index is 704. The Labute approximate surface area is 121 Å². The van der Waals surface area contributed by atoms with E-state index in [1.54, 1.807) is 24.5 Å². The lowest BCUT2D eigenvalue weighted by atomic mass is 10.2. The van der Waals surface area contributed by atoms with Gasteiger partial charge >= 0.3 is 0 Å². The SMILES string of the molecule is Cc1ccccc1N1C(=O)C(=Cc2ccco2)NC1=S. The Morgan fingerprint density at radius 1 is 1.25 bits per heavy atom. The number of benzene rings is 1. The Morgan fingerprint density at radius 3 is 2.75 bits per heavy atom. The summed E-state index contributed by atoms with van der Waals surface area (Å²) < 4.78 is 5.21. The number of carbonyl (C=O) groups excluding carboxylic acids is 1. The molecule has 1 aromatic carbocycles. The van der Waals surface area contributed by atoms with Crippen LogP contribution in [0.15, 0.2) is 52.8 Å². The first-order valence-corrected chi connectivity index (χ1v) is 6.54. The minimum Gasteiger partial charge on any atom is -0.465 e. The van der Waals surface area contributed by atoms with Crippen LogP contribution < -0.4 is 10.2 Å². The number of para-hydroxylation sites is 1. The zero-order valence-electron chi connectivity index (χ0n) is 10.8. The van der Waals surface area contributed by atoms with Gasteiger partial charge in [-0.1, -0.05) is 18.2 Å². The number of amides is 1. The Balaban J connectivity index is 1.98. The van der Waals surface area contributed by atoms with Crippen molar-refractivity contribution in [2.24, 2.45) is 0 Å². The number of thiocarbonyl (C=S) groups is 1. The molecule has 5 heteroatoms. The highest BCUT2D eigenvalue weighted by Gasteiger charge is 2.32. The van der Waals surface area contributed by atoms with E-state index in [0.717, 1.165) is 11.3 Å². The molecule has 0 bridgehead atoms. The van der Waals surface area contributed by atoms with Gasteiger partial charge in [0.05, 0.1) is 12.0 Å². The van der Waals surface area contributed by atoms with E-state index in [9.17, 15) is 4.79 Å². The highest BCUT2D eigenvalue weighted by molar-refractivity contribution is 7.80. The van der Waals surface area contributed by atoms with Crippen molar-refractivity contribution < 1.29 is 9.21 Å². The first-order chi connectivity index (χ1) is 9.66. The third kappa shape index (κ3) is 2.12. The largest absolute Gasteiger partial charge is 0.465 e. The second-order valence-corrected chi connectivity index (χ2v) is 4.82. The van der Waals surface area contributed by atoms with E-state index in [1.807, 2.05) is 31.2 Å². The van der Waals surface area contributed by atoms with E-state index < -0.39 is 0 Å². The number of furan rings is 1. The lowest BCUT2D eigenvalue weighted by Crippen LogP contribution is -2.30. The van der Waals surface area contributed by atoms with Crippen LogP contribution in [0.5, 0.6) is 0 Å². The van der Waals surface area contributed by atoms with Crippen LogP contribution in [0.25, 0.3) is 6.08 Å². The molecule has 100 valence electrons. The summed E-state index contributed by atoms with van der Waals surface area (Å²) in [5.74, 6) is 0.427. The molecule has 0 spiro atoms. The number of aryl methyl sites for hydroxylation is 1. The lowest BCUT2D eigenvalue weighted by Gasteiger charge is -2.16. The van der Waals surface area contributed by atoms with Crippen molar-refractivity contribution in [3.05, 3.63) is 59.7 Å². The molecule has 0 atom stereocenters. The number of hydrogen-bond acceptors (Lipinski definition) is 3. The van der Waals surface area contributed by atoms with Crippen LogP contribution in [-0.4, -0.2) is 11.0 Å². The van der Waals surface area contributed by atoms with Gasteiger partial charge in [-0.25, -0.2) is 0 Å². The van der Waals surface area contributed by atoms with E-state index in [1.165, 1.54) is 4.90 Å². The molecule has 1 amide bonds. The van der Waals surface area contributed by atoms with E-state index in [-0.39, 0.29) is 5.91 Å². The Kier molecular flexibility index (Phi) is 3.12. The number of anilines is 1. The van der Waals surface area contributed by atoms with Gasteiger partial charge < -0.3 is 9.73 Å². The van der Waals surface area contributed by atoms with Crippen molar-refractivity contribution in [3.63, 3.8) is 0 Å². The molecule has 1 aliphatic rings. The summed E-state index contributed by atoms with van der Waals surface area (Å²) in [5, 5.41) is 3.30. The third-order valence-corrected chi connectivity index (χ3v) is 3.35. The van der Waals surface area contributed by atoms with Crippen LogP contribution in [0.4, 0.5) is 5.69 Å². The summed E-state index contributed by atoms with van der Waals surface area (Å²) in [6.45, 7) is 1.94. The van der Waals surface area contributed by atoms with E-state index in [0.29, 0.717) is 16.6 Å². The average Bonchev–Trinajstić information content (AvgIpc) is 3.01. The molecule has 2 heterocycles. The molecule has 0 saturated carbocycles. The van der Waals surface area contributed by atoms with Gasteiger partial charge in [0.15, 0.2) is 5.11 Å². The maximum Gasteiger partial charge on any atom is 0.281 e. The van der Waals surface area contributed by atoms with E-state index >= 15 is 0 Å². The summed E-state index contributed by atoms with van der Waals surface area (Å²) in [6.07, 6.45) is 3.20. The van der Waals surface area contributed by atoms with Crippen molar-refractivity contribution >= 4 is 35.0 Å². The van der Waals surface area contributed by atoms with Crippen LogP contribution in [0, 0.1) is 6.92 Å². The molecule has 0 unspecified atom stereocenters. The monoisotopic (exact) mass is 284 g/mol. The van der Waals surface area contributed by atoms with Crippen molar-refractivity contribution in [3.8, 4) is 0 Å². The summed E-state index contributed by atoms with van der Waals surface area (Å²) in [5.41, 5.74) is 2.19. The Morgan fingerprint density at radius 2 is 2.05 bits per heavy atom. The van der Waals surface area contributed by atoms with E-state index in [2.05, 4.69) is 5.32 Å². The van der Waals surface area contributed by atoms with Crippen molar-refractivity contribution in [2.75, 3.05) is 4.90 Å². The second kappa shape index (κ2) is 4.94. The van der Waals surface area contributed by atoms with Crippen LogP contribution in [0.2, 0.25) is 0 Å². The highest BCUT2D eigenvalue weighted by atomic mass is 32.1. The maximum atomic E-state index is 12.5. The molecule has 4 nitrogen and oxygen atoms in total. The number of hydrogen-bond donors (Lipinski definition) is 1. The zero-order valence-corrected chi connectivity index (χ0v) is 11.6. The van der Waals surface area contributed by atoms with Crippen LogP contribution in [0.1, 0.15) is 11.3 Å². The average molecular weight is 284 g/mol. The lowest BCUT2D eigenvalue weighted by molar-refractivity contribution is -0.113. The van der Waals surface area contributed by atoms with Crippen LogP contribution in [-0.2, 0) is 4.79 Å². The molecule has 1 N–H and O–H groups in total. The fourth-order valence-corrected chi connectivity index (χ4v) is 2.38. The molecule has 20 heavy (non-hydrogen) atoms. The molecule has 1 fully saturated rings. The normalized spacial score (nSPS) is 16.9. The summed E-state index contributed by atoms with van der Waals surface area (Å²) in [6, 6.07) is 11.2. The Hall–Kier alpha value is -2.40. The molecule has 0 aliphatic carbocycles. The number of nitrogens with one attached hydrogen (secondary N) is 1. The van der Waals surface area contributed by atoms with Crippen LogP contribution >= 0.6 is 12.2 Å². The molecule has 0 radical (unpaired) electrons. The molecule has 2 aromatic rings. The summed E-state index contributed by atoms with van der Waals surface area (Å²) >= 11 is 5.25. The predicted molar refractivity (Wildman–Crippen MR) is 81.1 cm³/mol. The van der Waals surface area contributed by atoms with Gasteiger partial charge in [-0.15, -0.1) is 0 Å². The van der Waals surface area contributed by atoms with Crippen molar-refractivity contribution in [1.82, 2.24) is 5.32 Å². The predicted octanol–water partition coefficient (Wildman–Crippen LogP) is 2.85. The number of carbonyl (C=O) groups is 1. The van der Waals surface area contributed by atoms with Gasteiger partial charge in [0, 0.05) is 6.08 Å². The smallest absolute Gasteiger partial charge is 0.281 e. The molecule has 1 saturated heterocycles. The molecule has 1 aromatic heterocycles. The van der Waals surface area contributed by atoms with Crippen LogP contribution in [0.3, 0.4) is 0 Å². The topological polar surface area (TPSA) is 45.5 Å². The standard InChI is InChI=1S/C15H12N2O2S/c1-10-5-2-3-7-13(10)17-14(18)12(16-15(17)20)9-11-6-4-8-19-11/h2-9H,1H3,(H,16,20). The summed E-state index contributed by atoms with van der Waals surface area (Å²) in [7, 11) is 0. The second-order valence-electron chi connectivity index (χ2n) is 4.43. The highest BCUT2D eigenvalue weighted by Crippen LogP contribution is 2.25. The fraction of sp³-hybridized carbons (Fsp3) is 0.0667. The molecule has 1 aliphatic heterocycles. The minimum atomic E-state index is -0.180. The summed E-state index contributed by atoms with van der Waals surface area (Å²) in [4.78, 5) is 14.0. The molecular formula is C15H12N2O2S. The van der Waals surface area contributed by atoms with Gasteiger partial charge in [0.2, 0.25) is 0 Å². The first-order valence-electron chi connectivity index (χ1n) is 6.13. The molecule has 3 rings (SSSR count). The van der Waals surface area contributed by atoms with Gasteiger partial charge in [-0.3, -0.25) is 9.69 Å². The number of nitrogens with zero attached hydrogens (tertiary/aromatic N) is 1. The number of rotatable bonds is 2. The van der Waals surface area contributed by atoms with E-state index in [4.69, 9.17) is 16.6 Å². The molecular weight excluding hydrogens is 272 g/mol. The quantitative estimate of drug-likeness (QED) is 0.680. The van der Waals surface area contributed by atoms with Gasteiger partial charge in [0.1, 0.15) is 11.5 Å². The zero-order chi connectivity index (χ0) is 14.1. The van der Waals surface area contributed by atoms with Crippen molar-refractivity contribution in [1.29, 1.82) is 0 Å². The third-order valence-electron chi connectivity index (χ3n) is 3.06. The minimum absolute atomic E-state index is 0.180.